The molecule has 1 N–H and O–H groups in total. The highest BCUT2D eigenvalue weighted by Crippen LogP contribution is 2.39. The van der Waals surface area contributed by atoms with Crippen LogP contribution in [0.4, 0.5) is 0 Å². The summed E-state index contributed by atoms with van der Waals surface area (Å²) in [5.41, 5.74) is 3.81. The van der Waals surface area contributed by atoms with E-state index in [9.17, 15) is 5.11 Å². The highest BCUT2D eigenvalue weighted by atomic mass is 16.5. The van der Waals surface area contributed by atoms with E-state index in [1.807, 2.05) is 30.3 Å². The van der Waals surface area contributed by atoms with Gasteiger partial charge in [-0.05, 0) is 47.5 Å². The fourth-order valence-corrected chi connectivity index (χ4v) is 4.05. The summed E-state index contributed by atoms with van der Waals surface area (Å²) in [6, 6.07) is 12.4. The van der Waals surface area contributed by atoms with Gasteiger partial charge in [0.15, 0.2) is 11.5 Å². The fraction of sp³-hybridized carbons (Fsp3) is 0.364. The number of fused-ring (bicyclic) bond motifs is 1. The van der Waals surface area contributed by atoms with E-state index in [0.717, 1.165) is 41.7 Å². The second-order valence-corrected chi connectivity index (χ2v) is 7.22. The number of methoxy groups -OCH3 is 2. The average Bonchev–Trinajstić information content (AvgIpc) is 2.64. The summed E-state index contributed by atoms with van der Waals surface area (Å²) < 4.78 is 11.5. The van der Waals surface area contributed by atoms with Crippen LogP contribution >= 0.6 is 0 Å². The van der Waals surface area contributed by atoms with E-state index in [4.69, 9.17) is 9.47 Å². The van der Waals surface area contributed by atoms with Crippen molar-refractivity contribution < 1.29 is 19.1 Å². The molecule has 0 bridgehead atoms. The molecule has 1 aliphatic rings. The zero-order valence-electron chi connectivity index (χ0n) is 15.9. The molecular weight excluding hydrogens is 326 g/mol. The molecule has 4 nitrogen and oxygen atoms in total. The number of likely N-dealkylation sites (N-methyl/N-ethyl adjacent to an activating group) is 1. The number of phenolic OH excluding ortho intramolecular Hbond substituents is 1. The van der Waals surface area contributed by atoms with Crippen molar-refractivity contribution in [2.45, 2.75) is 18.9 Å². The van der Waals surface area contributed by atoms with Crippen LogP contribution in [0.2, 0.25) is 0 Å². The summed E-state index contributed by atoms with van der Waals surface area (Å²) in [5.74, 6) is 1.60. The molecule has 2 aromatic carbocycles. The Kier molecular flexibility index (Phi) is 5.23. The van der Waals surface area contributed by atoms with E-state index in [-0.39, 0.29) is 5.75 Å². The molecule has 0 unspecified atom stereocenters. The third kappa shape index (κ3) is 3.42. The molecule has 0 fully saturated rings. The van der Waals surface area contributed by atoms with Crippen molar-refractivity contribution in [2.75, 3.05) is 34.4 Å². The maximum absolute atomic E-state index is 10.2. The molecular formula is C22H28NO3+. The summed E-state index contributed by atoms with van der Waals surface area (Å²) in [6.45, 7) is 5.94. The molecule has 2 atom stereocenters. The number of quaternary nitrogens is 1. The Labute approximate surface area is 155 Å². The first kappa shape index (κ1) is 18.3. The number of benzene rings is 2. The molecule has 3 rings (SSSR count). The van der Waals surface area contributed by atoms with Crippen LogP contribution in [0.5, 0.6) is 17.2 Å². The molecule has 1 aliphatic heterocycles. The van der Waals surface area contributed by atoms with E-state index in [2.05, 4.69) is 25.8 Å². The molecule has 0 spiro atoms. The second-order valence-electron chi connectivity index (χ2n) is 7.22. The fourth-order valence-electron chi connectivity index (χ4n) is 4.05. The SMILES string of the molecule is C=CC[N@@+]1(C)CCc2cc(OC)ccc2[C@H]1Cc1ccc(OC)c(O)c1. The monoisotopic (exact) mass is 354 g/mol. The number of hydrogen-bond acceptors (Lipinski definition) is 3. The zero-order valence-corrected chi connectivity index (χ0v) is 15.9. The lowest BCUT2D eigenvalue weighted by molar-refractivity contribution is -0.936. The van der Waals surface area contributed by atoms with Gasteiger partial charge in [-0.15, -0.1) is 0 Å². The third-order valence-electron chi connectivity index (χ3n) is 5.57. The van der Waals surface area contributed by atoms with Crippen molar-refractivity contribution in [1.82, 2.24) is 0 Å². The lowest BCUT2D eigenvalue weighted by atomic mass is 9.86. The van der Waals surface area contributed by atoms with Gasteiger partial charge in [0.1, 0.15) is 11.8 Å². The van der Waals surface area contributed by atoms with Gasteiger partial charge in [-0.2, -0.15) is 0 Å². The molecule has 2 aromatic rings. The number of nitrogens with zero attached hydrogens (tertiary/aromatic N) is 1. The van der Waals surface area contributed by atoms with Crippen LogP contribution in [0.1, 0.15) is 22.7 Å². The summed E-state index contributed by atoms with van der Waals surface area (Å²) in [7, 11) is 5.57. The molecule has 0 aliphatic carbocycles. The van der Waals surface area contributed by atoms with Gasteiger partial charge in [-0.25, -0.2) is 0 Å². The highest BCUT2D eigenvalue weighted by Gasteiger charge is 2.38. The van der Waals surface area contributed by atoms with Crippen LogP contribution in [-0.4, -0.2) is 43.9 Å². The van der Waals surface area contributed by atoms with Gasteiger partial charge in [0.2, 0.25) is 0 Å². The average molecular weight is 354 g/mol. The number of hydrogen-bond donors (Lipinski definition) is 1. The summed E-state index contributed by atoms with van der Waals surface area (Å²) in [6.07, 6.45) is 3.88. The van der Waals surface area contributed by atoms with Gasteiger partial charge in [-0.1, -0.05) is 12.6 Å². The van der Waals surface area contributed by atoms with Crippen LogP contribution in [0.25, 0.3) is 0 Å². The minimum absolute atomic E-state index is 0.189. The van der Waals surface area contributed by atoms with E-state index >= 15 is 0 Å². The first-order valence-corrected chi connectivity index (χ1v) is 8.98. The maximum Gasteiger partial charge on any atom is 0.160 e. The molecule has 0 radical (unpaired) electrons. The molecule has 4 heteroatoms. The van der Waals surface area contributed by atoms with Crippen molar-refractivity contribution in [3.05, 3.63) is 65.7 Å². The van der Waals surface area contributed by atoms with Crippen LogP contribution in [0, 0.1) is 0 Å². The quantitative estimate of drug-likeness (QED) is 0.632. The Hall–Kier alpha value is -2.46. The lowest BCUT2D eigenvalue weighted by Gasteiger charge is -2.45. The lowest BCUT2D eigenvalue weighted by Crippen LogP contribution is -2.52. The van der Waals surface area contributed by atoms with Crippen molar-refractivity contribution in [1.29, 1.82) is 0 Å². The van der Waals surface area contributed by atoms with E-state index in [0.29, 0.717) is 11.8 Å². The molecule has 0 saturated carbocycles. The van der Waals surface area contributed by atoms with Crippen LogP contribution in [-0.2, 0) is 12.8 Å². The summed E-state index contributed by atoms with van der Waals surface area (Å²) in [5, 5.41) is 10.2. The topological polar surface area (TPSA) is 38.7 Å². The standard InChI is InChI=1S/C22H27NO3/c1-5-11-23(2)12-10-17-15-18(25-3)7-8-19(17)20(23)13-16-6-9-22(26-4)21(24)14-16/h5-9,14-15,20H,1,10-13H2,2-4H3/p+1/t20-,23+/m1/s1. The molecule has 26 heavy (non-hydrogen) atoms. The van der Waals surface area contributed by atoms with Gasteiger partial charge in [0.05, 0.1) is 34.4 Å². The Morgan fingerprint density at radius 1 is 1.19 bits per heavy atom. The molecule has 138 valence electrons. The maximum atomic E-state index is 10.2. The Balaban J connectivity index is 2.00. The number of phenols is 1. The van der Waals surface area contributed by atoms with Gasteiger partial charge >= 0.3 is 0 Å². The first-order chi connectivity index (χ1) is 12.5. The summed E-state index contributed by atoms with van der Waals surface area (Å²) >= 11 is 0. The normalized spacial score (nSPS) is 21.7. The highest BCUT2D eigenvalue weighted by molar-refractivity contribution is 5.43. The van der Waals surface area contributed by atoms with Crippen LogP contribution in [0.3, 0.4) is 0 Å². The Bertz CT molecular complexity index is 802. The predicted octanol–water partition coefficient (Wildman–Crippen LogP) is 3.88. The van der Waals surface area contributed by atoms with Crippen LogP contribution < -0.4 is 9.47 Å². The smallest absolute Gasteiger partial charge is 0.160 e. The van der Waals surface area contributed by atoms with Crippen molar-refractivity contribution in [3.63, 3.8) is 0 Å². The summed E-state index contributed by atoms with van der Waals surface area (Å²) in [4.78, 5) is 0. The second kappa shape index (κ2) is 7.42. The Morgan fingerprint density at radius 3 is 2.65 bits per heavy atom. The van der Waals surface area contributed by atoms with Gasteiger partial charge < -0.3 is 19.1 Å². The number of rotatable bonds is 6. The minimum atomic E-state index is 0.189. The largest absolute Gasteiger partial charge is 0.504 e. The molecule has 0 aromatic heterocycles. The molecule has 1 heterocycles. The Morgan fingerprint density at radius 2 is 2.00 bits per heavy atom. The van der Waals surface area contributed by atoms with E-state index in [1.165, 1.54) is 11.1 Å². The van der Waals surface area contributed by atoms with Crippen molar-refractivity contribution >= 4 is 0 Å². The minimum Gasteiger partial charge on any atom is -0.504 e. The van der Waals surface area contributed by atoms with Crippen molar-refractivity contribution in [2.24, 2.45) is 0 Å². The van der Waals surface area contributed by atoms with E-state index in [1.54, 1.807) is 14.2 Å². The van der Waals surface area contributed by atoms with Gasteiger partial charge in [0.25, 0.3) is 0 Å². The van der Waals surface area contributed by atoms with Gasteiger partial charge in [0, 0.05) is 18.4 Å². The van der Waals surface area contributed by atoms with Crippen LogP contribution in [0.15, 0.2) is 49.1 Å². The predicted molar refractivity (Wildman–Crippen MR) is 104 cm³/mol. The zero-order chi connectivity index (χ0) is 18.7. The molecule has 0 saturated heterocycles. The number of ether oxygens (including phenoxy) is 2. The van der Waals surface area contributed by atoms with Gasteiger partial charge in [-0.3, -0.25) is 0 Å². The third-order valence-corrected chi connectivity index (χ3v) is 5.57. The van der Waals surface area contributed by atoms with E-state index < -0.39 is 0 Å². The number of aromatic hydroxyl groups is 1. The van der Waals surface area contributed by atoms with Crippen molar-refractivity contribution in [3.8, 4) is 17.2 Å². The first-order valence-electron chi connectivity index (χ1n) is 8.98. The molecule has 0 amide bonds.